The second-order valence-corrected chi connectivity index (χ2v) is 10.4. The predicted octanol–water partition coefficient (Wildman–Crippen LogP) is 8.95. The van der Waals surface area contributed by atoms with Crippen LogP contribution >= 0.6 is 0 Å². The Kier molecular flexibility index (Phi) is 28.3. The van der Waals surface area contributed by atoms with E-state index in [9.17, 15) is 9.59 Å². The first-order valence-corrected chi connectivity index (χ1v) is 15.6. The quantitative estimate of drug-likeness (QED) is 0.0666. The molecule has 0 heterocycles. The minimum Gasteiger partial charge on any atom is -0.353 e. The van der Waals surface area contributed by atoms with Gasteiger partial charge in [-0.05, 0) is 12.8 Å². The number of carbonyl (C=O) groups is 2. The van der Waals surface area contributed by atoms with E-state index in [1.54, 1.807) is 12.2 Å². The minimum absolute atomic E-state index is 0.0897. The topological polar surface area (TPSA) is 58.2 Å². The number of unbranched alkanes of at least 4 members (excludes halogenated alkanes) is 20. The number of amides is 2. The van der Waals surface area contributed by atoms with Crippen molar-refractivity contribution in [1.82, 2.24) is 10.6 Å². The minimum atomic E-state index is -0.0897. The lowest BCUT2D eigenvalue weighted by Gasteiger charge is -2.04. The average molecular weight is 505 g/mol. The molecule has 36 heavy (non-hydrogen) atoms. The zero-order chi connectivity index (χ0) is 26.4. The zero-order valence-electron chi connectivity index (χ0n) is 24.1. The molecule has 0 aliphatic rings. The Balaban J connectivity index is 3.45. The largest absolute Gasteiger partial charge is 0.353 e. The molecule has 0 spiro atoms. The summed E-state index contributed by atoms with van der Waals surface area (Å²) in [6.45, 7) is 5.97. The summed E-state index contributed by atoms with van der Waals surface area (Å²) in [6.07, 6.45) is 35.0. The molecule has 0 radical (unpaired) electrons. The molecule has 0 fully saturated rings. The van der Waals surface area contributed by atoms with Gasteiger partial charge < -0.3 is 10.6 Å². The van der Waals surface area contributed by atoms with E-state index in [4.69, 9.17) is 0 Å². The number of allylic oxidation sites excluding steroid dienone is 2. The van der Waals surface area contributed by atoms with Crippen LogP contribution in [0.25, 0.3) is 0 Å². The number of hydrogen-bond acceptors (Lipinski definition) is 2. The van der Waals surface area contributed by atoms with Crippen molar-refractivity contribution in [2.75, 3.05) is 13.1 Å². The van der Waals surface area contributed by atoms with Crippen LogP contribution in [0.5, 0.6) is 0 Å². The van der Waals surface area contributed by atoms with Gasteiger partial charge in [0.05, 0.1) is 0 Å². The molecule has 0 saturated heterocycles. The van der Waals surface area contributed by atoms with Gasteiger partial charge in [-0.1, -0.05) is 154 Å². The standard InChI is InChI=1S/C32H60N2O2/c1-3-5-7-9-11-13-15-17-19-21-25-29-33-31(35)27-23-24-28-32(36)34-30-26-22-20-18-16-14-12-10-8-6-4-2/h23-24,27-28H,3-22,25-26,29-30H2,1-2H3,(H,33,35)(H,34,36)/b27-23+,28-24+. The normalized spacial score (nSPS) is 11.5. The molecular weight excluding hydrogens is 444 g/mol. The van der Waals surface area contributed by atoms with Crippen molar-refractivity contribution in [2.45, 2.75) is 155 Å². The second-order valence-electron chi connectivity index (χ2n) is 10.4. The van der Waals surface area contributed by atoms with E-state index in [0.29, 0.717) is 0 Å². The number of hydrogen-bond donors (Lipinski definition) is 2. The summed E-state index contributed by atoms with van der Waals surface area (Å²) in [7, 11) is 0. The maximum absolute atomic E-state index is 11.8. The Morgan fingerprint density at radius 2 is 0.667 bits per heavy atom. The highest BCUT2D eigenvalue weighted by molar-refractivity contribution is 5.89. The molecule has 4 heteroatoms. The van der Waals surface area contributed by atoms with E-state index < -0.39 is 0 Å². The molecule has 0 aliphatic heterocycles. The monoisotopic (exact) mass is 504 g/mol. The van der Waals surface area contributed by atoms with Crippen LogP contribution in [0.2, 0.25) is 0 Å². The lowest BCUT2D eigenvalue weighted by Crippen LogP contribution is -2.22. The van der Waals surface area contributed by atoms with Crippen LogP contribution in [-0.2, 0) is 9.59 Å². The van der Waals surface area contributed by atoms with Gasteiger partial charge in [-0.2, -0.15) is 0 Å². The molecule has 210 valence electrons. The molecule has 2 N–H and O–H groups in total. The van der Waals surface area contributed by atoms with E-state index in [-0.39, 0.29) is 11.8 Å². The van der Waals surface area contributed by atoms with Gasteiger partial charge in [-0.15, -0.1) is 0 Å². The van der Waals surface area contributed by atoms with Crippen molar-refractivity contribution >= 4 is 11.8 Å². The van der Waals surface area contributed by atoms with Gasteiger partial charge in [0.1, 0.15) is 0 Å². The summed E-state index contributed by atoms with van der Waals surface area (Å²) in [5.41, 5.74) is 0. The van der Waals surface area contributed by atoms with Gasteiger partial charge in [0.25, 0.3) is 0 Å². The van der Waals surface area contributed by atoms with Gasteiger partial charge in [0.15, 0.2) is 0 Å². The summed E-state index contributed by atoms with van der Waals surface area (Å²) in [5.74, 6) is -0.179. The molecule has 4 nitrogen and oxygen atoms in total. The number of carbonyl (C=O) groups excluding carboxylic acids is 2. The Morgan fingerprint density at radius 1 is 0.417 bits per heavy atom. The lowest BCUT2D eigenvalue weighted by molar-refractivity contribution is -0.117. The smallest absolute Gasteiger partial charge is 0.243 e. The fourth-order valence-corrected chi connectivity index (χ4v) is 4.41. The van der Waals surface area contributed by atoms with Crippen molar-refractivity contribution < 1.29 is 9.59 Å². The van der Waals surface area contributed by atoms with Crippen molar-refractivity contribution in [3.63, 3.8) is 0 Å². The molecule has 0 aromatic heterocycles. The average Bonchev–Trinajstić information content (AvgIpc) is 2.88. The Labute approximate surface area is 224 Å². The van der Waals surface area contributed by atoms with Gasteiger partial charge in [-0.25, -0.2) is 0 Å². The van der Waals surface area contributed by atoms with E-state index in [1.165, 1.54) is 141 Å². The fourth-order valence-electron chi connectivity index (χ4n) is 4.41. The van der Waals surface area contributed by atoms with Gasteiger partial charge in [-0.3, -0.25) is 9.59 Å². The molecule has 0 unspecified atom stereocenters. The first-order chi connectivity index (χ1) is 17.7. The highest BCUT2D eigenvalue weighted by Gasteiger charge is 1.97. The zero-order valence-corrected chi connectivity index (χ0v) is 24.1. The number of nitrogens with one attached hydrogen (secondary N) is 2. The maximum atomic E-state index is 11.8. The van der Waals surface area contributed by atoms with Crippen LogP contribution in [-0.4, -0.2) is 24.9 Å². The van der Waals surface area contributed by atoms with Crippen LogP contribution in [0.3, 0.4) is 0 Å². The van der Waals surface area contributed by atoms with E-state index in [2.05, 4.69) is 24.5 Å². The molecule has 0 saturated carbocycles. The third-order valence-corrected chi connectivity index (χ3v) is 6.77. The summed E-state index contributed by atoms with van der Waals surface area (Å²) in [4.78, 5) is 23.7. The molecule has 0 atom stereocenters. The first kappa shape index (κ1) is 34.4. The van der Waals surface area contributed by atoms with Crippen LogP contribution in [0.4, 0.5) is 0 Å². The van der Waals surface area contributed by atoms with Crippen LogP contribution < -0.4 is 10.6 Å². The Morgan fingerprint density at radius 3 is 0.944 bits per heavy atom. The summed E-state index contributed by atoms with van der Waals surface area (Å²) in [6, 6.07) is 0. The summed E-state index contributed by atoms with van der Waals surface area (Å²) in [5, 5.41) is 5.84. The van der Waals surface area contributed by atoms with Gasteiger partial charge in [0, 0.05) is 25.2 Å². The third-order valence-electron chi connectivity index (χ3n) is 6.77. The van der Waals surface area contributed by atoms with Crippen LogP contribution in [0, 0.1) is 0 Å². The van der Waals surface area contributed by atoms with Gasteiger partial charge in [0.2, 0.25) is 11.8 Å². The molecule has 0 rings (SSSR count). The van der Waals surface area contributed by atoms with E-state index in [1.807, 2.05) is 0 Å². The Hall–Kier alpha value is -1.58. The highest BCUT2D eigenvalue weighted by atomic mass is 16.2. The lowest BCUT2D eigenvalue weighted by atomic mass is 10.1. The second kappa shape index (κ2) is 29.6. The van der Waals surface area contributed by atoms with Crippen molar-refractivity contribution in [3.05, 3.63) is 24.3 Å². The van der Waals surface area contributed by atoms with Gasteiger partial charge >= 0.3 is 0 Å². The highest BCUT2D eigenvalue weighted by Crippen LogP contribution is 2.12. The molecule has 0 aromatic carbocycles. The van der Waals surface area contributed by atoms with Crippen molar-refractivity contribution in [3.8, 4) is 0 Å². The SMILES string of the molecule is CCCCCCCCCCCCCNC(=O)/C=C/C=C/C(=O)NCCCCCCCCCCCCC. The van der Waals surface area contributed by atoms with Crippen molar-refractivity contribution in [2.24, 2.45) is 0 Å². The van der Waals surface area contributed by atoms with Crippen LogP contribution in [0.15, 0.2) is 24.3 Å². The third kappa shape index (κ3) is 28.7. The number of rotatable bonds is 27. The summed E-state index contributed by atoms with van der Waals surface area (Å²) >= 11 is 0. The van der Waals surface area contributed by atoms with E-state index in [0.717, 1.165) is 25.9 Å². The van der Waals surface area contributed by atoms with E-state index >= 15 is 0 Å². The molecule has 0 bridgehead atoms. The predicted molar refractivity (Wildman–Crippen MR) is 157 cm³/mol. The maximum Gasteiger partial charge on any atom is 0.243 e. The Bertz CT molecular complexity index is 494. The van der Waals surface area contributed by atoms with Crippen LogP contribution in [0.1, 0.15) is 155 Å². The first-order valence-electron chi connectivity index (χ1n) is 15.6. The van der Waals surface area contributed by atoms with Crippen molar-refractivity contribution in [1.29, 1.82) is 0 Å². The molecule has 0 aromatic rings. The molecule has 0 aliphatic carbocycles. The summed E-state index contributed by atoms with van der Waals surface area (Å²) < 4.78 is 0. The fraction of sp³-hybridized carbons (Fsp3) is 0.812. The molecule has 2 amide bonds. The molecular formula is C32H60N2O2.